The maximum absolute atomic E-state index is 12.3. The number of ether oxygens (including phenoxy) is 1. The lowest BCUT2D eigenvalue weighted by atomic mass is 10.2. The standard InChI is InChI=1S/C18H21N3O2/c1-23-15-9-7-14(8-10-15)13-19-18(22)16-5-4-6-17(20-16)21-11-2-3-12-21/h4-10H,2-3,11-13H2,1H3,(H,19,22). The smallest absolute Gasteiger partial charge is 0.270 e. The largest absolute Gasteiger partial charge is 0.497 e. The number of hydrogen-bond acceptors (Lipinski definition) is 4. The number of anilines is 1. The highest BCUT2D eigenvalue weighted by Crippen LogP contribution is 2.18. The van der Waals surface area contributed by atoms with Crippen molar-refractivity contribution in [1.29, 1.82) is 0 Å². The van der Waals surface area contributed by atoms with Crippen LogP contribution in [0.15, 0.2) is 42.5 Å². The molecule has 0 radical (unpaired) electrons. The highest BCUT2D eigenvalue weighted by atomic mass is 16.5. The van der Waals surface area contributed by atoms with E-state index >= 15 is 0 Å². The molecule has 1 N–H and O–H groups in total. The number of pyridine rings is 1. The Morgan fingerprint density at radius 2 is 1.91 bits per heavy atom. The molecule has 0 aliphatic carbocycles. The van der Waals surface area contributed by atoms with E-state index in [0.29, 0.717) is 12.2 Å². The number of methoxy groups -OCH3 is 1. The monoisotopic (exact) mass is 311 g/mol. The maximum Gasteiger partial charge on any atom is 0.270 e. The minimum atomic E-state index is -0.151. The normalized spacial score (nSPS) is 13.9. The summed E-state index contributed by atoms with van der Waals surface area (Å²) in [6.45, 7) is 2.51. The molecule has 1 amide bonds. The van der Waals surface area contributed by atoms with Crippen LogP contribution in [0.1, 0.15) is 28.9 Å². The third-order valence-corrected chi connectivity index (χ3v) is 4.01. The van der Waals surface area contributed by atoms with Crippen LogP contribution in [-0.4, -0.2) is 31.1 Å². The molecule has 3 rings (SSSR count). The highest BCUT2D eigenvalue weighted by Gasteiger charge is 2.15. The Labute approximate surface area is 136 Å². The summed E-state index contributed by atoms with van der Waals surface area (Å²) in [6, 6.07) is 13.2. The second-order valence-corrected chi connectivity index (χ2v) is 5.61. The average Bonchev–Trinajstić information content (AvgIpc) is 3.15. The van der Waals surface area contributed by atoms with Gasteiger partial charge in [0, 0.05) is 19.6 Å². The number of nitrogens with one attached hydrogen (secondary N) is 1. The molecule has 1 aromatic carbocycles. The minimum Gasteiger partial charge on any atom is -0.497 e. The van der Waals surface area contributed by atoms with E-state index in [1.165, 1.54) is 12.8 Å². The first-order valence-corrected chi connectivity index (χ1v) is 7.89. The SMILES string of the molecule is COc1ccc(CNC(=O)c2cccc(N3CCCC3)n2)cc1. The van der Waals surface area contributed by atoms with Gasteiger partial charge in [-0.2, -0.15) is 0 Å². The number of carbonyl (C=O) groups is 1. The van der Waals surface area contributed by atoms with Crippen LogP contribution in [0.5, 0.6) is 5.75 Å². The third-order valence-electron chi connectivity index (χ3n) is 4.01. The van der Waals surface area contributed by atoms with Crippen LogP contribution in [0, 0.1) is 0 Å². The number of rotatable bonds is 5. The van der Waals surface area contributed by atoms with Crippen molar-refractivity contribution in [3.63, 3.8) is 0 Å². The topological polar surface area (TPSA) is 54.5 Å². The van der Waals surface area contributed by atoms with Gasteiger partial charge in [-0.15, -0.1) is 0 Å². The molecule has 23 heavy (non-hydrogen) atoms. The van der Waals surface area contributed by atoms with Gasteiger partial charge in [-0.1, -0.05) is 18.2 Å². The number of hydrogen-bond donors (Lipinski definition) is 1. The van der Waals surface area contributed by atoms with Gasteiger partial charge in [0.05, 0.1) is 7.11 Å². The van der Waals surface area contributed by atoms with Crippen molar-refractivity contribution in [3.05, 3.63) is 53.7 Å². The van der Waals surface area contributed by atoms with E-state index in [1.807, 2.05) is 36.4 Å². The molecule has 2 heterocycles. The molecule has 1 aliphatic heterocycles. The van der Waals surface area contributed by atoms with E-state index in [4.69, 9.17) is 4.74 Å². The summed E-state index contributed by atoms with van der Waals surface area (Å²) >= 11 is 0. The van der Waals surface area contributed by atoms with Gasteiger partial charge in [0.1, 0.15) is 17.3 Å². The van der Waals surface area contributed by atoms with Gasteiger partial charge in [-0.3, -0.25) is 4.79 Å². The number of nitrogens with zero attached hydrogens (tertiary/aromatic N) is 2. The first kappa shape index (κ1) is 15.3. The minimum absolute atomic E-state index is 0.151. The molecule has 1 aromatic heterocycles. The Hall–Kier alpha value is -2.56. The van der Waals surface area contributed by atoms with Gasteiger partial charge in [0.2, 0.25) is 0 Å². The molecule has 2 aromatic rings. The van der Waals surface area contributed by atoms with Crippen molar-refractivity contribution in [2.24, 2.45) is 0 Å². The van der Waals surface area contributed by atoms with Gasteiger partial charge in [-0.05, 0) is 42.7 Å². The first-order chi connectivity index (χ1) is 11.3. The molecule has 0 atom stereocenters. The maximum atomic E-state index is 12.3. The lowest BCUT2D eigenvalue weighted by molar-refractivity contribution is 0.0946. The third kappa shape index (κ3) is 3.80. The number of aromatic nitrogens is 1. The van der Waals surface area contributed by atoms with Crippen LogP contribution in [0.3, 0.4) is 0 Å². The van der Waals surface area contributed by atoms with Gasteiger partial charge in [0.25, 0.3) is 5.91 Å². The molecule has 0 saturated carbocycles. The molecular weight excluding hydrogens is 290 g/mol. The molecule has 5 heteroatoms. The Bertz CT molecular complexity index is 664. The predicted molar refractivity (Wildman–Crippen MR) is 89.8 cm³/mol. The fourth-order valence-corrected chi connectivity index (χ4v) is 2.69. The van der Waals surface area contributed by atoms with Crippen LogP contribution < -0.4 is 15.0 Å². The van der Waals surface area contributed by atoms with Crippen LogP contribution >= 0.6 is 0 Å². The molecule has 0 spiro atoms. The summed E-state index contributed by atoms with van der Waals surface area (Å²) in [5.41, 5.74) is 1.48. The molecule has 0 bridgehead atoms. The van der Waals surface area contributed by atoms with Crippen molar-refractivity contribution in [1.82, 2.24) is 10.3 Å². The van der Waals surface area contributed by atoms with Gasteiger partial charge < -0.3 is 15.0 Å². The van der Waals surface area contributed by atoms with E-state index < -0.39 is 0 Å². The van der Waals surface area contributed by atoms with Gasteiger partial charge >= 0.3 is 0 Å². The summed E-state index contributed by atoms with van der Waals surface area (Å²) in [4.78, 5) is 19.0. The van der Waals surface area contributed by atoms with E-state index in [0.717, 1.165) is 30.2 Å². The quantitative estimate of drug-likeness (QED) is 0.922. The summed E-state index contributed by atoms with van der Waals surface area (Å²) in [7, 11) is 1.63. The first-order valence-electron chi connectivity index (χ1n) is 7.89. The Balaban J connectivity index is 1.62. The summed E-state index contributed by atoms with van der Waals surface area (Å²) in [6.07, 6.45) is 2.38. The number of benzene rings is 1. The van der Waals surface area contributed by atoms with E-state index in [1.54, 1.807) is 13.2 Å². The number of carbonyl (C=O) groups excluding carboxylic acids is 1. The lowest BCUT2D eigenvalue weighted by Gasteiger charge is -2.16. The van der Waals surface area contributed by atoms with E-state index in [-0.39, 0.29) is 5.91 Å². The van der Waals surface area contributed by atoms with Crippen LogP contribution in [0.2, 0.25) is 0 Å². The van der Waals surface area contributed by atoms with Crippen molar-refractivity contribution >= 4 is 11.7 Å². The Morgan fingerprint density at radius 1 is 1.17 bits per heavy atom. The fraction of sp³-hybridized carbons (Fsp3) is 0.333. The fourth-order valence-electron chi connectivity index (χ4n) is 2.69. The van der Waals surface area contributed by atoms with Gasteiger partial charge in [-0.25, -0.2) is 4.98 Å². The van der Waals surface area contributed by atoms with Gasteiger partial charge in [0.15, 0.2) is 0 Å². The zero-order chi connectivity index (χ0) is 16.1. The van der Waals surface area contributed by atoms with Crippen molar-refractivity contribution in [3.8, 4) is 5.75 Å². The summed E-state index contributed by atoms with van der Waals surface area (Å²) in [5.74, 6) is 1.54. The van der Waals surface area contributed by atoms with Crippen LogP contribution in [-0.2, 0) is 6.54 Å². The summed E-state index contributed by atoms with van der Waals surface area (Å²) < 4.78 is 5.12. The second-order valence-electron chi connectivity index (χ2n) is 5.61. The van der Waals surface area contributed by atoms with E-state index in [2.05, 4.69) is 15.2 Å². The van der Waals surface area contributed by atoms with Crippen molar-refractivity contribution in [2.45, 2.75) is 19.4 Å². The summed E-state index contributed by atoms with van der Waals surface area (Å²) in [5, 5.41) is 2.91. The molecule has 5 nitrogen and oxygen atoms in total. The molecule has 1 saturated heterocycles. The average molecular weight is 311 g/mol. The zero-order valence-electron chi connectivity index (χ0n) is 13.3. The lowest BCUT2D eigenvalue weighted by Crippen LogP contribution is -2.25. The van der Waals surface area contributed by atoms with Crippen LogP contribution in [0.25, 0.3) is 0 Å². The molecular formula is C18H21N3O2. The zero-order valence-corrected chi connectivity index (χ0v) is 13.3. The Kier molecular flexibility index (Phi) is 4.76. The van der Waals surface area contributed by atoms with Crippen molar-refractivity contribution in [2.75, 3.05) is 25.1 Å². The predicted octanol–water partition coefficient (Wildman–Crippen LogP) is 2.62. The highest BCUT2D eigenvalue weighted by molar-refractivity contribution is 5.92. The molecule has 1 aliphatic rings. The van der Waals surface area contributed by atoms with Crippen molar-refractivity contribution < 1.29 is 9.53 Å². The second kappa shape index (κ2) is 7.13. The van der Waals surface area contributed by atoms with Crippen LogP contribution in [0.4, 0.5) is 5.82 Å². The van der Waals surface area contributed by atoms with E-state index in [9.17, 15) is 4.79 Å². The Morgan fingerprint density at radius 3 is 2.61 bits per heavy atom. The number of amides is 1. The molecule has 120 valence electrons. The molecule has 1 fully saturated rings. The molecule has 0 unspecified atom stereocenters.